The molecule has 0 radical (unpaired) electrons. The standard InChI is InChI=1S/C16H26N2O3/c1-12-16(13(2)21-17-12)11-18(9-14-5-3-7-19-14)10-15-6-4-8-20-15/h14-15H,3-11H2,1-2H3/t14-,15+. The van der Waals surface area contributed by atoms with E-state index in [2.05, 4.69) is 10.1 Å². The van der Waals surface area contributed by atoms with Crippen LogP contribution in [0, 0.1) is 13.8 Å². The summed E-state index contributed by atoms with van der Waals surface area (Å²) in [7, 11) is 0. The zero-order chi connectivity index (χ0) is 14.7. The van der Waals surface area contributed by atoms with Gasteiger partial charge in [-0.25, -0.2) is 0 Å². The number of ether oxygens (including phenoxy) is 2. The first-order valence-electron chi connectivity index (χ1n) is 8.09. The van der Waals surface area contributed by atoms with Crippen LogP contribution < -0.4 is 0 Å². The highest BCUT2D eigenvalue weighted by molar-refractivity contribution is 5.20. The Morgan fingerprint density at radius 2 is 1.67 bits per heavy atom. The zero-order valence-corrected chi connectivity index (χ0v) is 13.1. The fourth-order valence-electron chi connectivity index (χ4n) is 3.31. The third kappa shape index (κ3) is 3.84. The van der Waals surface area contributed by atoms with Crippen molar-refractivity contribution in [2.45, 2.75) is 58.3 Å². The summed E-state index contributed by atoms with van der Waals surface area (Å²) in [6.45, 7) is 8.65. The van der Waals surface area contributed by atoms with Crippen LogP contribution >= 0.6 is 0 Å². The number of aromatic nitrogens is 1. The van der Waals surface area contributed by atoms with Gasteiger partial charge in [0.15, 0.2) is 0 Å². The van der Waals surface area contributed by atoms with E-state index in [1.54, 1.807) is 0 Å². The average Bonchev–Trinajstić information content (AvgIpc) is 3.19. The minimum Gasteiger partial charge on any atom is -0.377 e. The van der Waals surface area contributed by atoms with Crippen LogP contribution in [0.2, 0.25) is 0 Å². The second-order valence-corrected chi connectivity index (χ2v) is 6.27. The van der Waals surface area contributed by atoms with E-state index in [9.17, 15) is 0 Å². The zero-order valence-electron chi connectivity index (χ0n) is 13.1. The molecule has 1 aromatic heterocycles. The Morgan fingerprint density at radius 1 is 1.05 bits per heavy atom. The van der Waals surface area contributed by atoms with E-state index in [4.69, 9.17) is 14.0 Å². The second kappa shape index (κ2) is 6.90. The van der Waals surface area contributed by atoms with Gasteiger partial charge in [-0.1, -0.05) is 5.16 Å². The Morgan fingerprint density at radius 3 is 2.10 bits per heavy atom. The van der Waals surface area contributed by atoms with Crippen LogP contribution in [0.3, 0.4) is 0 Å². The van der Waals surface area contributed by atoms with Gasteiger partial charge >= 0.3 is 0 Å². The molecule has 0 aromatic carbocycles. The maximum absolute atomic E-state index is 5.81. The predicted octanol–water partition coefficient (Wildman–Crippen LogP) is 2.45. The Labute approximate surface area is 126 Å². The predicted molar refractivity (Wildman–Crippen MR) is 79.2 cm³/mol. The molecule has 2 aliphatic heterocycles. The summed E-state index contributed by atoms with van der Waals surface area (Å²) in [6.07, 6.45) is 5.44. The minimum absolute atomic E-state index is 0.367. The van der Waals surface area contributed by atoms with Crippen molar-refractivity contribution in [3.05, 3.63) is 17.0 Å². The van der Waals surface area contributed by atoms with Gasteiger partial charge in [-0.2, -0.15) is 0 Å². The van der Waals surface area contributed by atoms with E-state index in [1.165, 1.54) is 31.2 Å². The lowest BCUT2D eigenvalue weighted by atomic mass is 10.1. The van der Waals surface area contributed by atoms with Crippen LogP contribution in [-0.4, -0.2) is 48.6 Å². The van der Waals surface area contributed by atoms with Crippen LogP contribution in [0.25, 0.3) is 0 Å². The molecule has 5 nitrogen and oxygen atoms in total. The number of hydrogen-bond donors (Lipinski definition) is 0. The summed E-state index contributed by atoms with van der Waals surface area (Å²) in [5.74, 6) is 0.928. The van der Waals surface area contributed by atoms with Gasteiger partial charge in [0.05, 0.1) is 17.9 Å². The van der Waals surface area contributed by atoms with Crippen molar-refractivity contribution in [2.75, 3.05) is 26.3 Å². The number of hydrogen-bond acceptors (Lipinski definition) is 5. The summed E-state index contributed by atoms with van der Waals surface area (Å²) in [4.78, 5) is 2.46. The highest BCUT2D eigenvalue weighted by atomic mass is 16.5. The topological polar surface area (TPSA) is 47.7 Å². The molecular weight excluding hydrogens is 268 g/mol. The van der Waals surface area contributed by atoms with Gasteiger partial charge in [0, 0.05) is 38.4 Å². The lowest BCUT2D eigenvalue weighted by Crippen LogP contribution is -2.37. The third-order valence-electron chi connectivity index (χ3n) is 4.53. The molecule has 21 heavy (non-hydrogen) atoms. The molecule has 5 heteroatoms. The molecule has 0 saturated carbocycles. The lowest BCUT2D eigenvalue weighted by Gasteiger charge is -2.27. The van der Waals surface area contributed by atoms with Gasteiger partial charge in [0.25, 0.3) is 0 Å². The van der Waals surface area contributed by atoms with Crippen molar-refractivity contribution in [1.82, 2.24) is 10.1 Å². The molecule has 0 unspecified atom stereocenters. The highest BCUT2D eigenvalue weighted by Crippen LogP contribution is 2.21. The molecule has 3 rings (SSSR count). The Balaban J connectivity index is 1.64. The maximum Gasteiger partial charge on any atom is 0.138 e. The molecule has 1 aromatic rings. The Kier molecular flexibility index (Phi) is 4.93. The Hall–Kier alpha value is -0.910. The van der Waals surface area contributed by atoms with Gasteiger partial charge in [0.1, 0.15) is 5.76 Å². The van der Waals surface area contributed by atoms with E-state index in [0.717, 1.165) is 44.3 Å². The summed E-state index contributed by atoms with van der Waals surface area (Å²) in [6, 6.07) is 0. The van der Waals surface area contributed by atoms with Gasteiger partial charge < -0.3 is 14.0 Å². The molecule has 118 valence electrons. The van der Waals surface area contributed by atoms with E-state index in [-0.39, 0.29) is 0 Å². The first-order chi connectivity index (χ1) is 10.2. The van der Waals surface area contributed by atoms with Gasteiger partial charge in [0.2, 0.25) is 0 Å². The monoisotopic (exact) mass is 294 g/mol. The summed E-state index contributed by atoms with van der Waals surface area (Å²) in [5.41, 5.74) is 2.21. The maximum atomic E-state index is 5.81. The normalized spacial score (nSPS) is 26.0. The van der Waals surface area contributed by atoms with Gasteiger partial charge in [-0.3, -0.25) is 4.90 Å². The van der Waals surface area contributed by atoms with Gasteiger partial charge in [-0.15, -0.1) is 0 Å². The molecule has 0 bridgehead atoms. The molecule has 2 fully saturated rings. The van der Waals surface area contributed by atoms with Crippen LogP contribution in [-0.2, 0) is 16.0 Å². The number of nitrogens with zero attached hydrogens (tertiary/aromatic N) is 2. The van der Waals surface area contributed by atoms with Crippen molar-refractivity contribution >= 4 is 0 Å². The third-order valence-corrected chi connectivity index (χ3v) is 4.53. The number of aryl methyl sites for hydroxylation is 2. The van der Waals surface area contributed by atoms with Crippen LogP contribution in [0.15, 0.2) is 4.52 Å². The van der Waals surface area contributed by atoms with E-state index in [1.807, 2.05) is 13.8 Å². The highest BCUT2D eigenvalue weighted by Gasteiger charge is 2.25. The van der Waals surface area contributed by atoms with E-state index < -0.39 is 0 Å². The first kappa shape index (κ1) is 15.0. The molecule has 2 saturated heterocycles. The quantitative estimate of drug-likeness (QED) is 0.806. The fraction of sp³-hybridized carbons (Fsp3) is 0.812. The van der Waals surface area contributed by atoms with Crippen LogP contribution in [0.4, 0.5) is 0 Å². The van der Waals surface area contributed by atoms with Crippen molar-refractivity contribution in [3.8, 4) is 0 Å². The molecule has 2 aliphatic rings. The first-order valence-corrected chi connectivity index (χ1v) is 8.09. The smallest absolute Gasteiger partial charge is 0.138 e. The lowest BCUT2D eigenvalue weighted by molar-refractivity contribution is 0.0343. The molecule has 0 aliphatic carbocycles. The molecule has 0 spiro atoms. The van der Waals surface area contributed by atoms with Crippen LogP contribution in [0.5, 0.6) is 0 Å². The summed E-state index contributed by atoms with van der Waals surface area (Å²) in [5, 5.41) is 4.07. The molecule has 2 atom stereocenters. The largest absolute Gasteiger partial charge is 0.377 e. The van der Waals surface area contributed by atoms with Crippen molar-refractivity contribution in [3.63, 3.8) is 0 Å². The van der Waals surface area contributed by atoms with E-state index >= 15 is 0 Å². The second-order valence-electron chi connectivity index (χ2n) is 6.27. The van der Waals surface area contributed by atoms with E-state index in [0.29, 0.717) is 12.2 Å². The Bertz CT molecular complexity index is 411. The number of rotatable bonds is 6. The molecule has 0 amide bonds. The molecule has 3 heterocycles. The SMILES string of the molecule is Cc1noc(C)c1CN(C[C@H]1CCCO1)C[C@@H]1CCCO1. The fourth-order valence-corrected chi connectivity index (χ4v) is 3.31. The van der Waals surface area contributed by atoms with Crippen molar-refractivity contribution in [1.29, 1.82) is 0 Å². The van der Waals surface area contributed by atoms with Crippen molar-refractivity contribution < 1.29 is 14.0 Å². The average molecular weight is 294 g/mol. The summed E-state index contributed by atoms with van der Waals surface area (Å²) < 4.78 is 16.9. The van der Waals surface area contributed by atoms with Crippen molar-refractivity contribution in [2.24, 2.45) is 0 Å². The van der Waals surface area contributed by atoms with Crippen LogP contribution in [0.1, 0.15) is 42.7 Å². The summed E-state index contributed by atoms with van der Waals surface area (Å²) >= 11 is 0. The van der Waals surface area contributed by atoms with Gasteiger partial charge in [-0.05, 0) is 39.5 Å². The molecular formula is C16H26N2O3. The molecule has 0 N–H and O–H groups in total. The minimum atomic E-state index is 0.367.